The molecule has 0 unspecified atom stereocenters. The highest BCUT2D eigenvalue weighted by atomic mass is 32.1. The second-order valence-electron chi connectivity index (χ2n) is 3.75. The summed E-state index contributed by atoms with van der Waals surface area (Å²) in [5.74, 6) is 0.853. The topological polar surface area (TPSA) is 48.1 Å². The van der Waals surface area contributed by atoms with Gasteiger partial charge >= 0.3 is 0 Å². The lowest BCUT2D eigenvalue weighted by Crippen LogP contribution is -2.01. The zero-order valence-electron chi connectivity index (χ0n) is 9.85. The van der Waals surface area contributed by atoms with E-state index in [9.17, 15) is 0 Å². The van der Waals surface area contributed by atoms with E-state index in [1.807, 2.05) is 24.3 Å². The third-order valence-corrected chi connectivity index (χ3v) is 3.38. The van der Waals surface area contributed by atoms with Gasteiger partial charge in [-0.25, -0.2) is 4.98 Å². The van der Waals surface area contributed by atoms with E-state index in [1.165, 1.54) is 0 Å². The number of aromatic nitrogens is 1. The molecule has 3 nitrogen and oxygen atoms in total. The highest BCUT2D eigenvalue weighted by Gasteiger charge is 2.01. The lowest BCUT2D eigenvalue weighted by molar-refractivity contribution is 0.322. The molecule has 2 rings (SSSR count). The van der Waals surface area contributed by atoms with Crippen molar-refractivity contribution in [3.8, 4) is 5.75 Å². The van der Waals surface area contributed by atoms with E-state index in [4.69, 9.17) is 10.5 Å². The van der Waals surface area contributed by atoms with Crippen LogP contribution >= 0.6 is 11.3 Å². The highest BCUT2D eigenvalue weighted by molar-refractivity contribution is 7.09. The van der Waals surface area contributed by atoms with Gasteiger partial charge in [-0.1, -0.05) is 6.92 Å². The molecular weight excluding hydrogens is 232 g/mol. The molecule has 90 valence electrons. The molecule has 0 bridgehead atoms. The summed E-state index contributed by atoms with van der Waals surface area (Å²) in [6, 6.07) is 7.45. The number of nitrogen functional groups attached to an aromatic ring is 1. The molecule has 1 aromatic heterocycles. The number of thiazole rings is 1. The minimum atomic E-state index is 0.653. The van der Waals surface area contributed by atoms with Crippen molar-refractivity contribution < 1.29 is 4.74 Å². The summed E-state index contributed by atoms with van der Waals surface area (Å²) < 4.78 is 5.62. The van der Waals surface area contributed by atoms with Crippen LogP contribution in [-0.4, -0.2) is 11.6 Å². The standard InChI is InChI=1S/C13H16N2OS/c1-2-11-9-17-13(15-11)7-8-16-12-5-3-10(14)4-6-12/h3-6,9H,2,7-8,14H2,1H3. The Morgan fingerprint density at radius 3 is 2.71 bits per heavy atom. The highest BCUT2D eigenvalue weighted by Crippen LogP contribution is 2.15. The SMILES string of the molecule is CCc1csc(CCOc2ccc(N)cc2)n1. The quantitative estimate of drug-likeness (QED) is 0.828. The number of aryl methyl sites for hydroxylation is 1. The van der Waals surface area contributed by atoms with Gasteiger partial charge in [-0.05, 0) is 30.7 Å². The van der Waals surface area contributed by atoms with Crippen molar-refractivity contribution in [1.82, 2.24) is 4.98 Å². The molecule has 1 aromatic carbocycles. The Hall–Kier alpha value is -1.55. The average molecular weight is 248 g/mol. The van der Waals surface area contributed by atoms with Gasteiger partial charge in [0.2, 0.25) is 0 Å². The first-order chi connectivity index (χ1) is 8.28. The minimum absolute atomic E-state index is 0.653. The average Bonchev–Trinajstić information content (AvgIpc) is 2.80. The summed E-state index contributed by atoms with van der Waals surface area (Å²) in [4.78, 5) is 4.49. The van der Waals surface area contributed by atoms with Gasteiger partial charge in [0.05, 0.1) is 17.3 Å². The molecule has 0 amide bonds. The zero-order valence-corrected chi connectivity index (χ0v) is 10.7. The summed E-state index contributed by atoms with van der Waals surface area (Å²) in [5.41, 5.74) is 7.52. The first kappa shape index (κ1) is 11.9. The Bertz CT molecular complexity index is 465. The predicted octanol–water partition coefficient (Wildman–Crippen LogP) is 2.91. The Labute approximate surface area is 105 Å². The van der Waals surface area contributed by atoms with Crippen LogP contribution in [0.2, 0.25) is 0 Å². The fourth-order valence-electron chi connectivity index (χ4n) is 1.45. The van der Waals surface area contributed by atoms with Crippen molar-refractivity contribution in [3.05, 3.63) is 40.3 Å². The molecule has 0 saturated heterocycles. The molecule has 0 aliphatic heterocycles. The first-order valence-electron chi connectivity index (χ1n) is 5.69. The Morgan fingerprint density at radius 2 is 2.06 bits per heavy atom. The van der Waals surface area contributed by atoms with Crippen molar-refractivity contribution in [2.75, 3.05) is 12.3 Å². The fourth-order valence-corrected chi connectivity index (χ4v) is 2.31. The van der Waals surface area contributed by atoms with Gasteiger partial charge in [-0.2, -0.15) is 0 Å². The van der Waals surface area contributed by atoms with Crippen LogP contribution in [0, 0.1) is 0 Å². The van der Waals surface area contributed by atoms with Crippen LogP contribution in [-0.2, 0) is 12.8 Å². The molecule has 0 atom stereocenters. The van der Waals surface area contributed by atoms with Gasteiger partial charge in [0.1, 0.15) is 5.75 Å². The van der Waals surface area contributed by atoms with E-state index in [0.717, 1.165) is 35.0 Å². The van der Waals surface area contributed by atoms with Gasteiger partial charge in [0.15, 0.2) is 0 Å². The van der Waals surface area contributed by atoms with Crippen LogP contribution in [0.1, 0.15) is 17.6 Å². The van der Waals surface area contributed by atoms with Crippen LogP contribution in [0.15, 0.2) is 29.6 Å². The van der Waals surface area contributed by atoms with Gasteiger partial charge in [-0.15, -0.1) is 11.3 Å². The molecule has 0 radical (unpaired) electrons. The summed E-state index contributed by atoms with van der Waals surface area (Å²) in [6.07, 6.45) is 1.85. The van der Waals surface area contributed by atoms with Crippen LogP contribution in [0.4, 0.5) is 5.69 Å². The molecule has 0 spiro atoms. The van der Waals surface area contributed by atoms with Crippen LogP contribution in [0.3, 0.4) is 0 Å². The molecular formula is C13H16N2OS. The normalized spacial score (nSPS) is 10.4. The Kier molecular flexibility index (Phi) is 3.98. The maximum absolute atomic E-state index is 5.62. The summed E-state index contributed by atoms with van der Waals surface area (Å²) in [7, 11) is 0. The van der Waals surface area contributed by atoms with E-state index in [1.54, 1.807) is 11.3 Å². The number of nitrogens with zero attached hydrogens (tertiary/aromatic N) is 1. The van der Waals surface area contributed by atoms with E-state index in [2.05, 4.69) is 17.3 Å². The second kappa shape index (κ2) is 5.68. The number of anilines is 1. The number of ether oxygens (including phenoxy) is 1. The van der Waals surface area contributed by atoms with Crippen molar-refractivity contribution >= 4 is 17.0 Å². The number of hydrogen-bond acceptors (Lipinski definition) is 4. The Balaban J connectivity index is 1.81. The smallest absolute Gasteiger partial charge is 0.119 e. The predicted molar refractivity (Wildman–Crippen MR) is 71.5 cm³/mol. The van der Waals surface area contributed by atoms with Crippen LogP contribution < -0.4 is 10.5 Å². The minimum Gasteiger partial charge on any atom is -0.493 e. The number of nitrogens with two attached hydrogens (primary N) is 1. The summed E-state index contributed by atoms with van der Waals surface area (Å²) >= 11 is 1.70. The van der Waals surface area contributed by atoms with E-state index in [0.29, 0.717) is 6.61 Å². The molecule has 0 aliphatic rings. The molecule has 17 heavy (non-hydrogen) atoms. The van der Waals surface area contributed by atoms with Crippen LogP contribution in [0.25, 0.3) is 0 Å². The fraction of sp³-hybridized carbons (Fsp3) is 0.308. The third kappa shape index (κ3) is 3.46. The molecule has 2 N–H and O–H groups in total. The molecule has 1 heterocycles. The molecule has 0 fully saturated rings. The maximum atomic E-state index is 5.62. The van der Waals surface area contributed by atoms with Gasteiger partial charge < -0.3 is 10.5 Å². The molecule has 4 heteroatoms. The molecule has 2 aromatic rings. The van der Waals surface area contributed by atoms with Crippen molar-refractivity contribution in [1.29, 1.82) is 0 Å². The lowest BCUT2D eigenvalue weighted by Gasteiger charge is -2.04. The van der Waals surface area contributed by atoms with Crippen molar-refractivity contribution in [2.24, 2.45) is 0 Å². The molecule has 0 saturated carbocycles. The number of hydrogen-bond donors (Lipinski definition) is 1. The van der Waals surface area contributed by atoms with E-state index < -0.39 is 0 Å². The zero-order chi connectivity index (χ0) is 12.1. The van der Waals surface area contributed by atoms with E-state index in [-0.39, 0.29) is 0 Å². The second-order valence-corrected chi connectivity index (χ2v) is 4.70. The van der Waals surface area contributed by atoms with Gasteiger partial charge in [0.25, 0.3) is 0 Å². The lowest BCUT2D eigenvalue weighted by atomic mass is 10.3. The molecule has 0 aliphatic carbocycles. The van der Waals surface area contributed by atoms with Gasteiger partial charge in [-0.3, -0.25) is 0 Å². The van der Waals surface area contributed by atoms with Crippen molar-refractivity contribution in [3.63, 3.8) is 0 Å². The summed E-state index contributed by atoms with van der Waals surface area (Å²) in [6.45, 7) is 2.77. The monoisotopic (exact) mass is 248 g/mol. The van der Waals surface area contributed by atoms with Crippen LogP contribution in [0.5, 0.6) is 5.75 Å². The first-order valence-corrected chi connectivity index (χ1v) is 6.57. The maximum Gasteiger partial charge on any atom is 0.119 e. The third-order valence-electron chi connectivity index (χ3n) is 2.43. The largest absolute Gasteiger partial charge is 0.493 e. The van der Waals surface area contributed by atoms with E-state index >= 15 is 0 Å². The number of rotatable bonds is 5. The van der Waals surface area contributed by atoms with Crippen molar-refractivity contribution in [2.45, 2.75) is 19.8 Å². The summed E-state index contributed by atoms with van der Waals surface area (Å²) in [5, 5.41) is 3.25. The van der Waals surface area contributed by atoms with Gasteiger partial charge in [0, 0.05) is 17.5 Å². The number of benzene rings is 1. The Morgan fingerprint density at radius 1 is 1.29 bits per heavy atom.